The fourth-order valence-corrected chi connectivity index (χ4v) is 3.38. The van der Waals surface area contributed by atoms with Gasteiger partial charge in [0.1, 0.15) is 5.78 Å². The number of aromatic nitrogens is 1. The molecule has 26 heavy (non-hydrogen) atoms. The summed E-state index contributed by atoms with van der Waals surface area (Å²) < 4.78 is 5.09. The zero-order valence-corrected chi connectivity index (χ0v) is 15.1. The van der Waals surface area contributed by atoms with Gasteiger partial charge in [-0.3, -0.25) is 9.59 Å². The Morgan fingerprint density at radius 3 is 2.81 bits per heavy atom. The van der Waals surface area contributed by atoms with Crippen molar-refractivity contribution in [3.8, 4) is 5.88 Å². The van der Waals surface area contributed by atoms with E-state index < -0.39 is 0 Å². The maximum Gasteiger partial charge on any atom is 0.254 e. The van der Waals surface area contributed by atoms with Gasteiger partial charge in [0, 0.05) is 43.3 Å². The van der Waals surface area contributed by atoms with Gasteiger partial charge in [-0.1, -0.05) is 30.3 Å². The van der Waals surface area contributed by atoms with Crippen molar-refractivity contribution in [1.29, 1.82) is 0 Å². The monoisotopic (exact) mass is 352 g/mol. The van der Waals surface area contributed by atoms with Gasteiger partial charge in [0.05, 0.1) is 7.11 Å². The van der Waals surface area contributed by atoms with Crippen LogP contribution in [0.4, 0.5) is 0 Å². The summed E-state index contributed by atoms with van der Waals surface area (Å²) in [6, 6.07) is 13.4. The average molecular weight is 352 g/mol. The summed E-state index contributed by atoms with van der Waals surface area (Å²) in [5, 5.41) is 0. The number of carbonyl (C=O) groups excluding carboxylic acids is 2. The van der Waals surface area contributed by atoms with Crippen LogP contribution < -0.4 is 4.74 Å². The Hall–Kier alpha value is -2.69. The van der Waals surface area contributed by atoms with E-state index in [0.29, 0.717) is 31.0 Å². The van der Waals surface area contributed by atoms with Gasteiger partial charge in [0.25, 0.3) is 5.91 Å². The molecule has 1 aromatic carbocycles. The number of nitrogens with zero attached hydrogens (tertiary/aromatic N) is 2. The van der Waals surface area contributed by atoms with E-state index in [1.165, 1.54) is 12.7 Å². The van der Waals surface area contributed by atoms with E-state index in [2.05, 4.69) is 4.98 Å². The molecule has 3 rings (SSSR count). The van der Waals surface area contributed by atoms with Crippen LogP contribution in [-0.4, -0.2) is 41.8 Å². The number of hydrogen-bond donors (Lipinski definition) is 0. The number of carbonyl (C=O) groups is 2. The molecule has 2 aromatic rings. The van der Waals surface area contributed by atoms with E-state index in [1.54, 1.807) is 23.2 Å². The number of piperidine rings is 1. The lowest BCUT2D eigenvalue weighted by atomic mass is 9.90. The summed E-state index contributed by atoms with van der Waals surface area (Å²) in [4.78, 5) is 31.2. The van der Waals surface area contributed by atoms with Gasteiger partial charge >= 0.3 is 0 Å². The van der Waals surface area contributed by atoms with E-state index in [-0.39, 0.29) is 17.6 Å². The Morgan fingerprint density at radius 2 is 2.04 bits per heavy atom. The number of aryl methyl sites for hydroxylation is 1. The van der Waals surface area contributed by atoms with Crippen molar-refractivity contribution in [2.24, 2.45) is 5.92 Å². The number of hydrogen-bond acceptors (Lipinski definition) is 4. The minimum atomic E-state index is -0.0693. The number of ketones is 1. The summed E-state index contributed by atoms with van der Waals surface area (Å²) in [5.74, 6) is 0.536. The number of likely N-dealkylation sites (tertiary alicyclic amines) is 1. The number of pyridine rings is 1. The predicted octanol–water partition coefficient (Wildman–Crippen LogP) is 3.14. The molecule has 0 radical (unpaired) electrons. The van der Waals surface area contributed by atoms with Crippen LogP contribution in [-0.2, 0) is 11.2 Å². The molecule has 0 bridgehead atoms. The van der Waals surface area contributed by atoms with Crippen molar-refractivity contribution in [1.82, 2.24) is 9.88 Å². The molecule has 1 aliphatic rings. The molecule has 0 saturated carbocycles. The molecule has 1 saturated heterocycles. The highest BCUT2D eigenvalue weighted by Gasteiger charge is 2.28. The van der Waals surface area contributed by atoms with Gasteiger partial charge < -0.3 is 9.64 Å². The Balaban J connectivity index is 1.59. The van der Waals surface area contributed by atoms with Crippen LogP contribution in [0.3, 0.4) is 0 Å². The van der Waals surface area contributed by atoms with E-state index in [0.717, 1.165) is 19.3 Å². The quantitative estimate of drug-likeness (QED) is 0.801. The van der Waals surface area contributed by atoms with E-state index in [4.69, 9.17) is 4.74 Å². The molecule has 0 aliphatic carbocycles. The smallest absolute Gasteiger partial charge is 0.254 e. The van der Waals surface area contributed by atoms with Crippen molar-refractivity contribution in [3.63, 3.8) is 0 Å². The van der Waals surface area contributed by atoms with E-state index in [1.807, 2.05) is 30.3 Å². The zero-order valence-electron chi connectivity index (χ0n) is 15.1. The highest BCUT2D eigenvalue weighted by Crippen LogP contribution is 2.22. The van der Waals surface area contributed by atoms with Gasteiger partial charge in [-0.2, -0.15) is 0 Å². The largest absolute Gasteiger partial charge is 0.481 e. The Labute approximate surface area is 154 Å². The molecule has 0 spiro atoms. The van der Waals surface area contributed by atoms with Crippen molar-refractivity contribution in [3.05, 3.63) is 59.8 Å². The maximum absolute atomic E-state index is 12.7. The van der Waals surface area contributed by atoms with Crippen LogP contribution in [0.15, 0.2) is 48.7 Å². The number of benzene rings is 1. The SMILES string of the molecule is COc1cc(C(=O)N2CCC[C@H](C(=O)CCc3ccccc3)C2)ccn1. The van der Waals surface area contributed by atoms with Gasteiger partial charge in [0.2, 0.25) is 5.88 Å². The summed E-state index contributed by atoms with van der Waals surface area (Å²) in [7, 11) is 1.53. The predicted molar refractivity (Wildman–Crippen MR) is 99.2 cm³/mol. The molecule has 5 heteroatoms. The first kappa shape index (κ1) is 18.1. The van der Waals surface area contributed by atoms with Crippen LogP contribution in [0.5, 0.6) is 5.88 Å². The van der Waals surface area contributed by atoms with Crippen molar-refractivity contribution in [2.75, 3.05) is 20.2 Å². The second kappa shape index (κ2) is 8.61. The number of amides is 1. The van der Waals surface area contributed by atoms with Gasteiger partial charge in [0.15, 0.2) is 0 Å². The molecule has 1 aromatic heterocycles. The maximum atomic E-state index is 12.7. The van der Waals surface area contributed by atoms with E-state index in [9.17, 15) is 9.59 Å². The van der Waals surface area contributed by atoms with Crippen molar-refractivity contribution >= 4 is 11.7 Å². The Morgan fingerprint density at radius 1 is 1.23 bits per heavy atom. The normalized spacial score (nSPS) is 17.0. The number of Topliss-reactive ketones (excluding diaryl/α,β-unsaturated/α-hetero) is 1. The average Bonchev–Trinajstić information content (AvgIpc) is 2.72. The first-order valence-corrected chi connectivity index (χ1v) is 9.03. The molecule has 1 aliphatic heterocycles. The molecule has 1 fully saturated rings. The molecule has 0 N–H and O–H groups in total. The highest BCUT2D eigenvalue weighted by molar-refractivity contribution is 5.95. The van der Waals surface area contributed by atoms with Gasteiger partial charge in [-0.05, 0) is 30.9 Å². The molecule has 0 unspecified atom stereocenters. The topological polar surface area (TPSA) is 59.5 Å². The Bertz CT molecular complexity index is 761. The highest BCUT2D eigenvalue weighted by atomic mass is 16.5. The molecule has 5 nitrogen and oxygen atoms in total. The summed E-state index contributed by atoms with van der Waals surface area (Å²) in [6.07, 6.45) is 4.57. The zero-order chi connectivity index (χ0) is 18.4. The van der Waals surface area contributed by atoms with Gasteiger partial charge in [-0.15, -0.1) is 0 Å². The number of rotatable bonds is 6. The van der Waals surface area contributed by atoms with Crippen LogP contribution in [0, 0.1) is 5.92 Å². The van der Waals surface area contributed by atoms with Gasteiger partial charge in [-0.25, -0.2) is 4.98 Å². The molecule has 1 atom stereocenters. The minimum Gasteiger partial charge on any atom is -0.481 e. The number of ether oxygens (including phenoxy) is 1. The molecular weight excluding hydrogens is 328 g/mol. The third-order valence-electron chi connectivity index (χ3n) is 4.86. The fraction of sp³-hybridized carbons (Fsp3) is 0.381. The lowest BCUT2D eigenvalue weighted by Crippen LogP contribution is -2.42. The summed E-state index contributed by atoms with van der Waals surface area (Å²) in [5.41, 5.74) is 1.72. The van der Waals surface area contributed by atoms with Crippen molar-refractivity contribution < 1.29 is 14.3 Å². The first-order valence-electron chi connectivity index (χ1n) is 9.03. The second-order valence-electron chi connectivity index (χ2n) is 6.63. The van der Waals surface area contributed by atoms with Crippen molar-refractivity contribution in [2.45, 2.75) is 25.7 Å². The third-order valence-corrected chi connectivity index (χ3v) is 4.86. The van der Waals surface area contributed by atoms with Crippen LogP contribution in [0.2, 0.25) is 0 Å². The molecule has 136 valence electrons. The lowest BCUT2D eigenvalue weighted by molar-refractivity contribution is -0.124. The number of methoxy groups -OCH3 is 1. The van der Waals surface area contributed by atoms with E-state index >= 15 is 0 Å². The third kappa shape index (κ3) is 4.48. The molecular formula is C21H24N2O3. The molecule has 2 heterocycles. The lowest BCUT2D eigenvalue weighted by Gasteiger charge is -2.32. The van der Waals surface area contributed by atoms with Crippen LogP contribution >= 0.6 is 0 Å². The Kier molecular flexibility index (Phi) is 6.00. The standard InChI is InChI=1S/C21H24N2O3/c1-26-20-14-17(11-12-22-20)21(25)23-13-5-8-18(15-23)19(24)10-9-16-6-3-2-4-7-16/h2-4,6-7,11-12,14,18H,5,8-10,13,15H2,1H3/t18-/m0/s1. The fourth-order valence-electron chi connectivity index (χ4n) is 3.38. The summed E-state index contributed by atoms with van der Waals surface area (Å²) >= 11 is 0. The van der Waals surface area contributed by atoms with Crippen LogP contribution in [0.25, 0.3) is 0 Å². The van der Waals surface area contributed by atoms with Crippen LogP contribution in [0.1, 0.15) is 35.2 Å². The first-order chi connectivity index (χ1) is 12.7. The molecule has 1 amide bonds. The second-order valence-corrected chi connectivity index (χ2v) is 6.63. The summed E-state index contributed by atoms with van der Waals surface area (Å²) in [6.45, 7) is 1.18. The minimum absolute atomic E-state index is 0.0636.